The molecule has 0 saturated carbocycles. The number of aliphatic hydroxyl groups is 1. The molecule has 6 rings (SSSR count). The number of aromatic nitrogens is 1. The highest BCUT2D eigenvalue weighted by atomic mass is 32.1. The van der Waals surface area contributed by atoms with Crippen molar-refractivity contribution in [3.63, 3.8) is 0 Å². The predicted molar refractivity (Wildman–Crippen MR) is 144 cm³/mol. The summed E-state index contributed by atoms with van der Waals surface area (Å²) in [4.78, 5) is 9.94. The van der Waals surface area contributed by atoms with E-state index in [1.54, 1.807) is 11.3 Å². The predicted octanol–water partition coefficient (Wildman–Crippen LogP) is 5.13. The number of hydrogen-bond donors (Lipinski definition) is 1. The summed E-state index contributed by atoms with van der Waals surface area (Å²) in [5, 5.41) is 11.4. The van der Waals surface area contributed by atoms with E-state index in [4.69, 9.17) is 4.98 Å². The molecule has 176 valence electrons. The van der Waals surface area contributed by atoms with Crippen LogP contribution in [0.3, 0.4) is 0 Å². The molecule has 35 heavy (non-hydrogen) atoms. The Kier molecular flexibility index (Phi) is 6.26. The number of fused-ring (bicyclic) bond motifs is 2. The molecule has 3 atom stereocenters. The lowest BCUT2D eigenvalue weighted by molar-refractivity contribution is -0.0429. The second-order valence-electron chi connectivity index (χ2n) is 9.44. The normalized spacial score (nSPS) is 22.4. The summed E-state index contributed by atoms with van der Waals surface area (Å²) < 4.78 is 1.24. The van der Waals surface area contributed by atoms with Gasteiger partial charge in [-0.15, -0.1) is 0 Å². The van der Waals surface area contributed by atoms with Crippen molar-refractivity contribution in [2.75, 3.05) is 31.1 Å². The molecule has 0 unspecified atom stereocenters. The molecule has 0 amide bonds. The third kappa shape index (κ3) is 4.46. The van der Waals surface area contributed by atoms with E-state index in [9.17, 15) is 5.11 Å². The van der Waals surface area contributed by atoms with Gasteiger partial charge in [-0.2, -0.15) is 0 Å². The van der Waals surface area contributed by atoms with Crippen LogP contribution in [0.15, 0.2) is 78.9 Å². The third-order valence-electron chi connectivity index (χ3n) is 7.34. The zero-order valence-electron chi connectivity index (χ0n) is 19.7. The summed E-state index contributed by atoms with van der Waals surface area (Å²) in [5.41, 5.74) is 4.41. The molecule has 0 spiro atoms. The average Bonchev–Trinajstić information content (AvgIpc) is 3.32. The van der Waals surface area contributed by atoms with Gasteiger partial charge in [0.1, 0.15) is 0 Å². The van der Waals surface area contributed by atoms with Crippen LogP contribution in [0.1, 0.15) is 35.4 Å². The highest BCUT2D eigenvalue weighted by Gasteiger charge is 2.49. The lowest BCUT2D eigenvalue weighted by Crippen LogP contribution is -2.67. The molecule has 5 heteroatoms. The summed E-state index contributed by atoms with van der Waals surface area (Å²) in [5.74, 6) is 6.83. The van der Waals surface area contributed by atoms with Gasteiger partial charge in [-0.25, -0.2) is 4.98 Å². The van der Waals surface area contributed by atoms with Crippen LogP contribution in [0.25, 0.3) is 10.2 Å². The van der Waals surface area contributed by atoms with Gasteiger partial charge < -0.3 is 10.0 Å². The highest BCUT2D eigenvalue weighted by molar-refractivity contribution is 7.22. The van der Waals surface area contributed by atoms with Gasteiger partial charge in [0, 0.05) is 42.2 Å². The number of benzene rings is 3. The van der Waals surface area contributed by atoms with Crippen LogP contribution >= 0.6 is 11.3 Å². The SMILES string of the molecule is OC[C@@H]1[C@H](c2ccc(C#Cc3ccccc3)cc2)[C@@H]2CN(c3nc4ccccc4s3)CCCCN12. The average molecular weight is 480 g/mol. The lowest BCUT2D eigenvalue weighted by atomic mass is 9.74. The van der Waals surface area contributed by atoms with E-state index in [1.807, 2.05) is 30.3 Å². The van der Waals surface area contributed by atoms with Crippen molar-refractivity contribution in [1.82, 2.24) is 9.88 Å². The number of para-hydroxylation sites is 1. The van der Waals surface area contributed by atoms with E-state index in [-0.39, 0.29) is 12.6 Å². The minimum absolute atomic E-state index is 0.177. The molecule has 0 bridgehead atoms. The lowest BCUT2D eigenvalue weighted by Gasteiger charge is -2.57. The van der Waals surface area contributed by atoms with Gasteiger partial charge in [0.2, 0.25) is 0 Å². The van der Waals surface area contributed by atoms with Gasteiger partial charge in [-0.05, 0) is 61.3 Å². The molecule has 0 aliphatic carbocycles. The van der Waals surface area contributed by atoms with Crippen LogP contribution in [0, 0.1) is 11.8 Å². The van der Waals surface area contributed by atoms with Crippen LogP contribution in [0.4, 0.5) is 5.13 Å². The molecule has 2 saturated heterocycles. The van der Waals surface area contributed by atoms with Crippen LogP contribution in [0.2, 0.25) is 0 Å². The van der Waals surface area contributed by atoms with Crippen molar-refractivity contribution >= 4 is 26.7 Å². The van der Waals surface area contributed by atoms with Crippen molar-refractivity contribution in [3.8, 4) is 11.8 Å². The van der Waals surface area contributed by atoms with Crippen LogP contribution in [-0.2, 0) is 0 Å². The Labute approximate surface area is 210 Å². The van der Waals surface area contributed by atoms with Gasteiger partial charge in [0.05, 0.1) is 16.8 Å². The minimum atomic E-state index is 0.177. The molecule has 3 aromatic carbocycles. The van der Waals surface area contributed by atoms with E-state index in [0.717, 1.165) is 54.3 Å². The van der Waals surface area contributed by atoms with Crippen LogP contribution in [-0.4, -0.2) is 53.3 Å². The van der Waals surface area contributed by atoms with Crippen molar-refractivity contribution < 1.29 is 5.11 Å². The summed E-state index contributed by atoms with van der Waals surface area (Å²) in [6.45, 7) is 3.23. The zero-order chi connectivity index (χ0) is 23.6. The summed E-state index contributed by atoms with van der Waals surface area (Å²) in [7, 11) is 0. The number of hydrogen-bond acceptors (Lipinski definition) is 5. The number of thiazole rings is 1. The van der Waals surface area contributed by atoms with Crippen LogP contribution in [0.5, 0.6) is 0 Å². The molecular weight excluding hydrogens is 450 g/mol. The second-order valence-corrected chi connectivity index (χ2v) is 10.4. The standard InChI is InChI=1S/C30H29N3OS/c34-21-27-29(24-16-14-23(15-17-24)13-12-22-8-2-1-3-9-22)26-20-32(18-6-7-19-33(26)27)30-31-25-10-4-5-11-28(25)35-30/h1-5,8-11,14-17,26-27,29,34H,6-7,18-21H2/t26-,27+,29+/m0/s1. The van der Waals surface area contributed by atoms with E-state index in [1.165, 1.54) is 10.3 Å². The van der Waals surface area contributed by atoms with E-state index in [2.05, 4.69) is 70.2 Å². The maximum Gasteiger partial charge on any atom is 0.186 e. The summed E-state index contributed by atoms with van der Waals surface area (Å²) in [6.07, 6.45) is 2.30. The smallest absolute Gasteiger partial charge is 0.186 e. The summed E-state index contributed by atoms with van der Waals surface area (Å²) >= 11 is 1.79. The number of rotatable bonds is 3. The van der Waals surface area contributed by atoms with Crippen molar-refractivity contribution in [2.24, 2.45) is 0 Å². The molecule has 2 aliphatic rings. The maximum atomic E-state index is 10.3. The minimum Gasteiger partial charge on any atom is -0.395 e. The molecule has 3 heterocycles. The fourth-order valence-corrected chi connectivity index (χ4v) is 6.56. The van der Waals surface area contributed by atoms with Gasteiger partial charge >= 0.3 is 0 Å². The maximum absolute atomic E-state index is 10.3. The number of aliphatic hydroxyl groups excluding tert-OH is 1. The van der Waals surface area contributed by atoms with Gasteiger partial charge in [-0.3, -0.25) is 4.90 Å². The Hall–Kier alpha value is -3.17. The largest absolute Gasteiger partial charge is 0.395 e. The third-order valence-corrected chi connectivity index (χ3v) is 8.44. The molecule has 4 aromatic rings. The first kappa shape index (κ1) is 22.3. The van der Waals surface area contributed by atoms with E-state index >= 15 is 0 Å². The van der Waals surface area contributed by atoms with Crippen molar-refractivity contribution in [3.05, 3.63) is 95.6 Å². The first-order valence-electron chi connectivity index (χ1n) is 12.4. The molecule has 4 nitrogen and oxygen atoms in total. The fourth-order valence-electron chi connectivity index (χ4n) is 5.56. The van der Waals surface area contributed by atoms with Crippen LogP contribution < -0.4 is 4.90 Å². The Balaban J connectivity index is 1.24. The Bertz CT molecular complexity index is 1320. The first-order valence-corrected chi connectivity index (χ1v) is 13.3. The molecular formula is C30H29N3OS. The molecule has 1 aromatic heterocycles. The summed E-state index contributed by atoms with van der Waals surface area (Å²) in [6, 6.07) is 27.7. The van der Waals surface area contributed by atoms with Crippen molar-refractivity contribution in [1.29, 1.82) is 0 Å². The Morgan fingerprint density at radius 1 is 0.857 bits per heavy atom. The molecule has 1 N–H and O–H groups in total. The Morgan fingerprint density at radius 2 is 1.57 bits per heavy atom. The number of nitrogens with zero attached hydrogens (tertiary/aromatic N) is 3. The molecule has 2 fully saturated rings. The fraction of sp³-hybridized carbons (Fsp3) is 0.300. The van der Waals surface area contributed by atoms with E-state index < -0.39 is 0 Å². The van der Waals surface area contributed by atoms with Gasteiger partial charge in [0.25, 0.3) is 0 Å². The quantitative estimate of drug-likeness (QED) is 0.414. The first-order chi connectivity index (χ1) is 17.3. The monoisotopic (exact) mass is 479 g/mol. The van der Waals surface area contributed by atoms with Gasteiger partial charge in [-0.1, -0.05) is 65.6 Å². The molecule has 2 aliphatic heterocycles. The zero-order valence-corrected chi connectivity index (χ0v) is 20.5. The van der Waals surface area contributed by atoms with Gasteiger partial charge in [0.15, 0.2) is 5.13 Å². The topological polar surface area (TPSA) is 39.6 Å². The van der Waals surface area contributed by atoms with Crippen molar-refractivity contribution in [2.45, 2.75) is 30.8 Å². The highest BCUT2D eigenvalue weighted by Crippen LogP contribution is 2.43. The Morgan fingerprint density at radius 3 is 2.34 bits per heavy atom. The number of anilines is 1. The second kappa shape index (κ2) is 9.83. The van der Waals surface area contributed by atoms with E-state index in [0.29, 0.717) is 12.0 Å². The molecule has 0 radical (unpaired) electrons.